The number of aliphatic carboxylic acids is 1. The molecule has 2 rings (SSSR count). The summed E-state index contributed by atoms with van der Waals surface area (Å²) in [6, 6.07) is 0.355. The largest absolute Gasteiger partial charge is 0.480 e. The van der Waals surface area contributed by atoms with Crippen LogP contribution in [0.3, 0.4) is 0 Å². The van der Waals surface area contributed by atoms with Crippen LogP contribution in [0.15, 0.2) is 4.34 Å². The summed E-state index contributed by atoms with van der Waals surface area (Å²) in [7, 11) is 3.82. The standard InChI is InChI=1S/C11H18N4O2S2/c1-11(8(16)17,12-7-4-5-7)6-18-10-14-13-9(19-10)15(2)3/h7,12H,4-6H2,1-3H3,(H,16,17). The van der Waals surface area contributed by atoms with Crippen LogP contribution in [0, 0.1) is 0 Å². The van der Waals surface area contributed by atoms with Crippen LogP contribution in [0.5, 0.6) is 0 Å². The van der Waals surface area contributed by atoms with Gasteiger partial charge in [0.25, 0.3) is 0 Å². The van der Waals surface area contributed by atoms with E-state index in [-0.39, 0.29) is 0 Å². The molecule has 1 aromatic rings. The van der Waals surface area contributed by atoms with Crippen LogP contribution >= 0.6 is 23.1 Å². The molecular weight excluding hydrogens is 284 g/mol. The summed E-state index contributed by atoms with van der Waals surface area (Å²) >= 11 is 2.91. The van der Waals surface area contributed by atoms with Gasteiger partial charge in [0.05, 0.1) is 0 Å². The quantitative estimate of drug-likeness (QED) is 0.735. The summed E-state index contributed by atoms with van der Waals surface area (Å²) in [6.07, 6.45) is 2.13. The molecule has 0 spiro atoms. The fourth-order valence-corrected chi connectivity index (χ4v) is 3.35. The lowest BCUT2D eigenvalue weighted by molar-refractivity contribution is -0.143. The van der Waals surface area contributed by atoms with Gasteiger partial charge in [0.2, 0.25) is 5.13 Å². The van der Waals surface area contributed by atoms with Gasteiger partial charge in [-0.25, -0.2) is 0 Å². The van der Waals surface area contributed by atoms with Crippen molar-refractivity contribution in [2.45, 2.75) is 35.7 Å². The third-order valence-corrected chi connectivity index (χ3v) is 5.37. The highest BCUT2D eigenvalue weighted by molar-refractivity contribution is 8.01. The van der Waals surface area contributed by atoms with Crippen molar-refractivity contribution >= 4 is 34.2 Å². The molecule has 0 bridgehead atoms. The summed E-state index contributed by atoms with van der Waals surface area (Å²) in [6.45, 7) is 1.73. The smallest absolute Gasteiger partial charge is 0.324 e. The van der Waals surface area contributed by atoms with Crippen molar-refractivity contribution in [2.75, 3.05) is 24.7 Å². The highest BCUT2D eigenvalue weighted by Gasteiger charge is 2.38. The Morgan fingerprint density at radius 2 is 2.26 bits per heavy atom. The molecule has 1 aliphatic carbocycles. The fraction of sp³-hybridized carbons (Fsp3) is 0.727. The molecule has 8 heteroatoms. The topological polar surface area (TPSA) is 78.4 Å². The SMILES string of the molecule is CN(C)c1nnc(SCC(C)(NC2CC2)C(=O)O)s1. The minimum Gasteiger partial charge on any atom is -0.480 e. The van der Waals surface area contributed by atoms with Crippen molar-refractivity contribution in [1.29, 1.82) is 0 Å². The van der Waals surface area contributed by atoms with Crippen molar-refractivity contribution in [3.05, 3.63) is 0 Å². The van der Waals surface area contributed by atoms with Crippen molar-refractivity contribution in [3.8, 4) is 0 Å². The van der Waals surface area contributed by atoms with Crippen molar-refractivity contribution in [2.24, 2.45) is 0 Å². The minimum atomic E-state index is -0.907. The van der Waals surface area contributed by atoms with E-state index in [1.165, 1.54) is 23.1 Å². The molecule has 0 aromatic carbocycles. The summed E-state index contributed by atoms with van der Waals surface area (Å²) in [4.78, 5) is 13.3. The number of nitrogens with zero attached hydrogens (tertiary/aromatic N) is 3. The molecular formula is C11H18N4O2S2. The average Bonchev–Trinajstić information content (AvgIpc) is 3.01. The summed E-state index contributed by atoms with van der Waals surface area (Å²) < 4.78 is 0.800. The van der Waals surface area contributed by atoms with Crippen molar-refractivity contribution in [1.82, 2.24) is 15.5 Å². The Hall–Kier alpha value is -0.860. The van der Waals surface area contributed by atoms with E-state index in [1.54, 1.807) is 6.92 Å². The zero-order valence-corrected chi connectivity index (χ0v) is 12.8. The molecule has 1 aliphatic rings. The van der Waals surface area contributed by atoms with Crippen LogP contribution in [0.1, 0.15) is 19.8 Å². The highest BCUT2D eigenvalue weighted by Crippen LogP contribution is 2.31. The maximum Gasteiger partial charge on any atom is 0.324 e. The van der Waals surface area contributed by atoms with Gasteiger partial charge in [-0.1, -0.05) is 23.1 Å². The Kier molecular flexibility index (Phi) is 4.32. The molecule has 106 valence electrons. The fourth-order valence-electron chi connectivity index (χ4n) is 1.49. The van der Waals surface area contributed by atoms with E-state index in [9.17, 15) is 9.90 Å². The number of hydrogen-bond acceptors (Lipinski definition) is 7. The maximum atomic E-state index is 11.4. The molecule has 1 unspecified atom stereocenters. The number of aromatic nitrogens is 2. The first-order valence-electron chi connectivity index (χ1n) is 6.05. The molecule has 19 heavy (non-hydrogen) atoms. The number of carboxylic acid groups (broad SMARTS) is 1. The Balaban J connectivity index is 1.95. The van der Waals surface area contributed by atoms with E-state index in [1.807, 2.05) is 19.0 Å². The minimum absolute atomic E-state index is 0.355. The second-order valence-electron chi connectivity index (χ2n) is 5.09. The first kappa shape index (κ1) is 14.5. The van der Waals surface area contributed by atoms with Crippen LogP contribution in [-0.4, -0.2) is 52.7 Å². The summed E-state index contributed by atoms with van der Waals surface area (Å²) in [5.41, 5.74) is -0.907. The second-order valence-corrected chi connectivity index (χ2v) is 7.27. The van der Waals surface area contributed by atoms with E-state index in [0.717, 1.165) is 22.3 Å². The van der Waals surface area contributed by atoms with Crippen molar-refractivity contribution < 1.29 is 9.90 Å². The second kappa shape index (κ2) is 5.64. The average molecular weight is 302 g/mol. The maximum absolute atomic E-state index is 11.4. The van der Waals surface area contributed by atoms with E-state index in [4.69, 9.17) is 0 Å². The molecule has 0 radical (unpaired) electrons. The molecule has 0 aliphatic heterocycles. The Bertz CT molecular complexity index is 461. The first-order valence-corrected chi connectivity index (χ1v) is 7.85. The van der Waals surface area contributed by atoms with Gasteiger partial charge in [0, 0.05) is 25.9 Å². The van der Waals surface area contributed by atoms with E-state index < -0.39 is 11.5 Å². The molecule has 1 atom stereocenters. The highest BCUT2D eigenvalue weighted by atomic mass is 32.2. The number of nitrogens with one attached hydrogen (secondary N) is 1. The lowest BCUT2D eigenvalue weighted by Gasteiger charge is -2.25. The zero-order chi connectivity index (χ0) is 14.0. The molecule has 1 aromatic heterocycles. The van der Waals surface area contributed by atoms with Gasteiger partial charge < -0.3 is 10.0 Å². The number of carboxylic acids is 1. The number of carbonyl (C=O) groups is 1. The van der Waals surface area contributed by atoms with Gasteiger partial charge in [-0.15, -0.1) is 10.2 Å². The molecule has 6 nitrogen and oxygen atoms in total. The molecule has 1 saturated carbocycles. The number of hydrogen-bond donors (Lipinski definition) is 2. The first-order chi connectivity index (χ1) is 8.90. The number of thioether (sulfide) groups is 1. The van der Waals surface area contributed by atoms with Gasteiger partial charge in [0.1, 0.15) is 5.54 Å². The molecule has 0 saturated heterocycles. The predicted octanol–water partition coefficient (Wildman–Crippen LogP) is 1.29. The predicted molar refractivity (Wildman–Crippen MR) is 77.2 cm³/mol. The molecule has 0 amide bonds. The third kappa shape index (κ3) is 3.80. The number of anilines is 1. The zero-order valence-electron chi connectivity index (χ0n) is 11.2. The lowest BCUT2D eigenvalue weighted by Crippen LogP contribution is -2.52. The monoisotopic (exact) mass is 302 g/mol. The van der Waals surface area contributed by atoms with E-state index in [0.29, 0.717) is 11.8 Å². The van der Waals surface area contributed by atoms with Gasteiger partial charge in [-0.2, -0.15) is 0 Å². The van der Waals surface area contributed by atoms with Crippen LogP contribution in [-0.2, 0) is 4.79 Å². The van der Waals surface area contributed by atoms with Crippen LogP contribution in [0.4, 0.5) is 5.13 Å². The van der Waals surface area contributed by atoms with Crippen LogP contribution in [0.2, 0.25) is 0 Å². The van der Waals surface area contributed by atoms with Crippen LogP contribution < -0.4 is 10.2 Å². The van der Waals surface area contributed by atoms with Gasteiger partial charge in [-0.05, 0) is 19.8 Å². The summed E-state index contributed by atoms with van der Waals surface area (Å²) in [5, 5.41) is 21.5. The van der Waals surface area contributed by atoms with E-state index >= 15 is 0 Å². The van der Waals surface area contributed by atoms with Crippen LogP contribution in [0.25, 0.3) is 0 Å². The molecule has 2 N–H and O–H groups in total. The van der Waals surface area contributed by atoms with Gasteiger partial charge >= 0.3 is 5.97 Å². The third-order valence-electron chi connectivity index (χ3n) is 2.83. The van der Waals surface area contributed by atoms with E-state index in [2.05, 4.69) is 15.5 Å². The Labute approximate surface area is 120 Å². The van der Waals surface area contributed by atoms with Gasteiger partial charge in [-0.3, -0.25) is 10.1 Å². The number of rotatable bonds is 7. The molecule has 1 heterocycles. The van der Waals surface area contributed by atoms with Crippen molar-refractivity contribution in [3.63, 3.8) is 0 Å². The normalized spacial score (nSPS) is 18.1. The molecule has 1 fully saturated rings. The Morgan fingerprint density at radius 3 is 2.74 bits per heavy atom. The lowest BCUT2D eigenvalue weighted by atomic mass is 10.1. The van der Waals surface area contributed by atoms with Gasteiger partial charge in [0.15, 0.2) is 4.34 Å². The summed E-state index contributed by atoms with van der Waals surface area (Å²) in [5.74, 6) is -0.370. The Morgan fingerprint density at radius 1 is 1.58 bits per heavy atom.